The van der Waals surface area contributed by atoms with Crippen LogP contribution in [0.5, 0.6) is 0 Å². The van der Waals surface area contributed by atoms with Gasteiger partial charge in [0.2, 0.25) is 0 Å². The lowest BCUT2D eigenvalue weighted by molar-refractivity contribution is -0.169. The van der Waals surface area contributed by atoms with E-state index >= 15 is 0 Å². The molecule has 7 nitrogen and oxygen atoms in total. The highest BCUT2D eigenvalue weighted by atomic mass is 19.1. The second kappa shape index (κ2) is 7.16. The highest BCUT2D eigenvalue weighted by molar-refractivity contribution is 6.02. The maximum absolute atomic E-state index is 13.6. The number of hydrogen-bond acceptors (Lipinski definition) is 6. The number of halogens is 2. The quantitative estimate of drug-likeness (QED) is 0.886. The number of carbonyl (C=O) groups excluding carboxylic acids is 1. The van der Waals surface area contributed by atoms with E-state index < -0.39 is 29.0 Å². The number of aromatic nitrogens is 2. The van der Waals surface area contributed by atoms with Crippen LogP contribution < -0.4 is 10.2 Å². The third kappa shape index (κ3) is 3.60. The second-order valence-electron chi connectivity index (χ2n) is 6.41. The number of amides is 1. The minimum atomic E-state index is -0.855. The number of ether oxygens (including phenoxy) is 2. The van der Waals surface area contributed by atoms with Crippen LogP contribution in [0.1, 0.15) is 23.3 Å². The van der Waals surface area contributed by atoms with Crippen LogP contribution in [0.3, 0.4) is 0 Å². The number of hydrogen-bond donors (Lipinski definition) is 1. The fourth-order valence-corrected chi connectivity index (χ4v) is 3.26. The molecular weight excluding hydrogens is 358 g/mol. The zero-order chi connectivity index (χ0) is 18.9. The zero-order valence-corrected chi connectivity index (χ0v) is 14.5. The molecule has 4 rings (SSSR count). The molecule has 0 radical (unpaired) electrons. The number of nitrogens with one attached hydrogen (secondary N) is 1. The van der Waals surface area contributed by atoms with Gasteiger partial charge in [-0.1, -0.05) is 6.07 Å². The minimum absolute atomic E-state index is 0.0302. The Kier molecular flexibility index (Phi) is 4.71. The van der Waals surface area contributed by atoms with Crippen LogP contribution in [0.4, 0.5) is 20.3 Å². The maximum Gasteiger partial charge on any atom is 0.276 e. The van der Waals surface area contributed by atoms with Crippen LogP contribution in [0.25, 0.3) is 0 Å². The molecule has 0 bridgehead atoms. The van der Waals surface area contributed by atoms with Crippen molar-refractivity contribution in [3.8, 4) is 0 Å². The first-order valence-electron chi connectivity index (χ1n) is 8.67. The molecule has 2 aliphatic heterocycles. The highest BCUT2D eigenvalue weighted by Gasteiger charge is 2.40. The first-order chi connectivity index (χ1) is 13.1. The van der Waals surface area contributed by atoms with Crippen LogP contribution in [-0.2, 0) is 9.47 Å². The van der Waals surface area contributed by atoms with Crippen LogP contribution in [0, 0.1) is 11.6 Å². The van der Waals surface area contributed by atoms with E-state index in [1.807, 2.05) is 4.90 Å². The standard InChI is InChI=1S/C18H18F2N4O3/c19-12-2-1-3-13(20)16(12)23-17(25)14-10-22-15(11-21-14)24-6-4-18(5-7-24)26-8-9-27-18/h1-3,10-11H,4-9H2,(H,23,25). The highest BCUT2D eigenvalue weighted by Crippen LogP contribution is 2.32. The second-order valence-corrected chi connectivity index (χ2v) is 6.41. The van der Waals surface area contributed by atoms with Crippen LogP contribution >= 0.6 is 0 Å². The predicted octanol–water partition coefficient (Wildman–Crippen LogP) is 2.35. The number of rotatable bonds is 3. The van der Waals surface area contributed by atoms with Gasteiger partial charge < -0.3 is 19.7 Å². The van der Waals surface area contributed by atoms with E-state index in [2.05, 4.69) is 15.3 Å². The summed E-state index contributed by atoms with van der Waals surface area (Å²) in [7, 11) is 0. The van der Waals surface area contributed by atoms with Gasteiger partial charge in [-0.2, -0.15) is 0 Å². The van der Waals surface area contributed by atoms with Crippen molar-refractivity contribution >= 4 is 17.4 Å². The number of anilines is 2. The monoisotopic (exact) mass is 376 g/mol. The number of nitrogens with zero attached hydrogens (tertiary/aromatic N) is 3. The Balaban J connectivity index is 1.41. The maximum atomic E-state index is 13.6. The van der Waals surface area contributed by atoms with E-state index in [9.17, 15) is 13.6 Å². The Bertz CT molecular complexity index is 811. The van der Waals surface area contributed by atoms with Gasteiger partial charge in [-0.3, -0.25) is 4.79 Å². The van der Waals surface area contributed by atoms with E-state index in [0.29, 0.717) is 32.1 Å². The van der Waals surface area contributed by atoms with E-state index in [1.165, 1.54) is 18.5 Å². The van der Waals surface area contributed by atoms with Crippen molar-refractivity contribution < 1.29 is 23.0 Å². The van der Waals surface area contributed by atoms with Crippen LogP contribution in [0.2, 0.25) is 0 Å². The molecule has 1 spiro atoms. The molecule has 3 heterocycles. The van der Waals surface area contributed by atoms with Gasteiger partial charge in [-0.05, 0) is 12.1 Å². The van der Waals surface area contributed by atoms with Crippen LogP contribution in [-0.4, -0.2) is 48.0 Å². The molecule has 142 valence electrons. The first kappa shape index (κ1) is 17.7. The third-order valence-electron chi connectivity index (χ3n) is 4.73. The summed E-state index contributed by atoms with van der Waals surface area (Å²) in [5.74, 6) is -2.30. The molecule has 9 heteroatoms. The van der Waals surface area contributed by atoms with Gasteiger partial charge in [0, 0.05) is 25.9 Å². The molecule has 27 heavy (non-hydrogen) atoms. The van der Waals surface area contributed by atoms with Gasteiger partial charge in [-0.15, -0.1) is 0 Å². The molecule has 1 aromatic carbocycles. The fraction of sp³-hybridized carbons (Fsp3) is 0.389. The Hall–Kier alpha value is -2.65. The smallest absolute Gasteiger partial charge is 0.276 e. The summed E-state index contributed by atoms with van der Waals surface area (Å²) in [6.07, 6.45) is 4.21. The van der Waals surface area contributed by atoms with E-state index in [-0.39, 0.29) is 5.69 Å². The molecule has 1 aromatic heterocycles. The van der Waals surface area contributed by atoms with Gasteiger partial charge in [0.15, 0.2) is 5.79 Å². The summed E-state index contributed by atoms with van der Waals surface area (Å²) < 4.78 is 38.7. The Morgan fingerprint density at radius 2 is 1.74 bits per heavy atom. The predicted molar refractivity (Wildman–Crippen MR) is 92.4 cm³/mol. The minimum Gasteiger partial charge on any atom is -0.355 e. The van der Waals surface area contributed by atoms with E-state index in [4.69, 9.17) is 9.47 Å². The normalized spacial score (nSPS) is 18.7. The molecule has 2 fully saturated rings. The number of piperidine rings is 1. The van der Waals surface area contributed by atoms with Gasteiger partial charge in [-0.25, -0.2) is 18.7 Å². The zero-order valence-electron chi connectivity index (χ0n) is 14.5. The fourth-order valence-electron chi connectivity index (χ4n) is 3.26. The molecule has 2 saturated heterocycles. The molecule has 0 atom stereocenters. The summed E-state index contributed by atoms with van der Waals surface area (Å²) >= 11 is 0. The topological polar surface area (TPSA) is 76.6 Å². The van der Waals surface area contributed by atoms with Crippen molar-refractivity contribution in [1.29, 1.82) is 0 Å². The Morgan fingerprint density at radius 1 is 1.07 bits per heavy atom. The molecule has 2 aliphatic rings. The van der Waals surface area contributed by atoms with Crippen molar-refractivity contribution in [2.24, 2.45) is 0 Å². The van der Waals surface area contributed by atoms with Crippen molar-refractivity contribution in [2.75, 3.05) is 36.5 Å². The summed E-state index contributed by atoms with van der Waals surface area (Å²) in [5.41, 5.74) is -0.538. The van der Waals surface area contributed by atoms with Gasteiger partial charge >= 0.3 is 0 Å². The average molecular weight is 376 g/mol. The molecular formula is C18H18F2N4O3. The SMILES string of the molecule is O=C(Nc1c(F)cccc1F)c1cnc(N2CCC3(CC2)OCCO3)cn1. The molecule has 1 amide bonds. The first-order valence-corrected chi connectivity index (χ1v) is 8.67. The molecule has 2 aromatic rings. The van der Waals surface area contributed by atoms with E-state index in [0.717, 1.165) is 25.0 Å². The van der Waals surface area contributed by atoms with Gasteiger partial charge in [0.1, 0.15) is 28.8 Å². The van der Waals surface area contributed by atoms with E-state index in [1.54, 1.807) is 0 Å². The van der Waals surface area contributed by atoms with Crippen molar-refractivity contribution in [2.45, 2.75) is 18.6 Å². The van der Waals surface area contributed by atoms with Gasteiger partial charge in [0.25, 0.3) is 5.91 Å². The summed E-state index contributed by atoms with van der Waals surface area (Å²) in [6, 6.07) is 3.35. The molecule has 1 N–H and O–H groups in total. The molecule has 0 saturated carbocycles. The van der Waals surface area contributed by atoms with Crippen molar-refractivity contribution in [1.82, 2.24) is 9.97 Å². The largest absolute Gasteiger partial charge is 0.355 e. The average Bonchev–Trinajstić information content (AvgIpc) is 3.13. The molecule has 0 unspecified atom stereocenters. The summed E-state index contributed by atoms with van der Waals surface area (Å²) in [6.45, 7) is 2.62. The number of para-hydroxylation sites is 1. The van der Waals surface area contributed by atoms with Crippen LogP contribution in [0.15, 0.2) is 30.6 Å². The number of benzene rings is 1. The van der Waals surface area contributed by atoms with Gasteiger partial charge in [0.05, 0.1) is 25.6 Å². The Morgan fingerprint density at radius 3 is 2.33 bits per heavy atom. The Labute approximate surface area is 154 Å². The lowest BCUT2D eigenvalue weighted by Crippen LogP contribution is -2.45. The molecule has 0 aliphatic carbocycles. The lowest BCUT2D eigenvalue weighted by atomic mass is 10.0. The number of carbonyl (C=O) groups is 1. The van der Waals surface area contributed by atoms with Crippen molar-refractivity contribution in [3.63, 3.8) is 0 Å². The van der Waals surface area contributed by atoms with Crippen molar-refractivity contribution in [3.05, 3.63) is 47.9 Å². The lowest BCUT2D eigenvalue weighted by Gasteiger charge is -2.37. The third-order valence-corrected chi connectivity index (χ3v) is 4.73. The summed E-state index contributed by atoms with van der Waals surface area (Å²) in [4.78, 5) is 22.5. The summed E-state index contributed by atoms with van der Waals surface area (Å²) in [5, 5.41) is 2.19.